The van der Waals surface area contributed by atoms with Crippen LogP contribution in [0.1, 0.15) is 36.2 Å². The number of nitrogens with zero attached hydrogens (tertiary/aromatic N) is 2. The number of hydrogen-bond acceptors (Lipinski definition) is 6. The first-order valence-electron chi connectivity index (χ1n) is 10.8. The van der Waals surface area contributed by atoms with Crippen LogP contribution in [0.25, 0.3) is 5.57 Å². The molecule has 2 amide bonds. The van der Waals surface area contributed by atoms with Crippen molar-refractivity contribution in [3.05, 3.63) is 59.3 Å². The Morgan fingerprint density at radius 2 is 1.73 bits per heavy atom. The second kappa shape index (κ2) is 10.3. The average molecular weight is 451 g/mol. The summed E-state index contributed by atoms with van der Waals surface area (Å²) in [6.07, 6.45) is 0.879. The molecule has 8 nitrogen and oxygen atoms in total. The van der Waals surface area contributed by atoms with Crippen molar-refractivity contribution in [1.82, 2.24) is 4.90 Å². The lowest BCUT2D eigenvalue weighted by Gasteiger charge is -2.22. The van der Waals surface area contributed by atoms with Crippen LogP contribution < -0.4 is 15.5 Å². The molecule has 0 unspecified atom stereocenters. The molecule has 8 heteroatoms. The van der Waals surface area contributed by atoms with E-state index >= 15 is 0 Å². The van der Waals surface area contributed by atoms with Crippen LogP contribution >= 0.6 is 0 Å². The van der Waals surface area contributed by atoms with Crippen LogP contribution in [0.4, 0.5) is 17.1 Å². The highest BCUT2D eigenvalue weighted by atomic mass is 16.5. The van der Waals surface area contributed by atoms with Gasteiger partial charge in [-0.2, -0.15) is 0 Å². The van der Waals surface area contributed by atoms with Crippen molar-refractivity contribution in [3.63, 3.8) is 0 Å². The second-order valence-electron chi connectivity index (χ2n) is 8.21. The molecule has 0 bridgehead atoms. The van der Waals surface area contributed by atoms with E-state index in [9.17, 15) is 14.4 Å². The van der Waals surface area contributed by atoms with Gasteiger partial charge >= 0.3 is 5.97 Å². The third-order valence-corrected chi connectivity index (χ3v) is 5.44. The van der Waals surface area contributed by atoms with Gasteiger partial charge in [0, 0.05) is 36.1 Å². The van der Waals surface area contributed by atoms with Gasteiger partial charge in [0.05, 0.1) is 23.9 Å². The van der Waals surface area contributed by atoms with Gasteiger partial charge < -0.3 is 25.2 Å². The fourth-order valence-electron chi connectivity index (χ4n) is 3.81. The highest BCUT2D eigenvalue weighted by Crippen LogP contribution is 2.35. The van der Waals surface area contributed by atoms with Crippen molar-refractivity contribution in [2.75, 3.05) is 49.8 Å². The molecular formula is C25H30N4O4. The molecule has 0 saturated carbocycles. The maximum atomic E-state index is 12.6. The Labute approximate surface area is 194 Å². The highest BCUT2D eigenvalue weighted by Gasteiger charge is 2.27. The lowest BCUT2D eigenvalue weighted by molar-refractivity contribution is -0.116. The van der Waals surface area contributed by atoms with Crippen molar-refractivity contribution in [2.24, 2.45) is 0 Å². The minimum Gasteiger partial charge on any atom is -0.465 e. The number of hydrogen-bond donors (Lipinski definition) is 2. The third kappa shape index (κ3) is 5.59. The monoisotopic (exact) mass is 450 g/mol. The van der Waals surface area contributed by atoms with Crippen LogP contribution in [-0.2, 0) is 14.3 Å². The number of ether oxygens (including phenoxy) is 1. The predicted octanol–water partition coefficient (Wildman–Crippen LogP) is 3.57. The third-order valence-electron chi connectivity index (χ3n) is 5.44. The molecule has 1 aliphatic rings. The predicted molar refractivity (Wildman–Crippen MR) is 130 cm³/mol. The standard InChI is InChI=1S/C25H30N4O4/c1-16(23-21-12-7-18(25(32)33-5)15-22(21)27-24(23)31)26-19-8-10-20(11-9-19)29(17(2)30)14-6-13-28(3)4/h7-12,15,26H,6,13-14H2,1-5H3,(H,27,31)/b23-16-. The van der Waals surface area contributed by atoms with Crippen LogP contribution in [0.15, 0.2) is 48.2 Å². The summed E-state index contributed by atoms with van der Waals surface area (Å²) >= 11 is 0. The second-order valence-corrected chi connectivity index (χ2v) is 8.21. The largest absolute Gasteiger partial charge is 0.465 e. The smallest absolute Gasteiger partial charge is 0.337 e. The Bertz CT molecular complexity index is 1090. The lowest BCUT2D eigenvalue weighted by Crippen LogP contribution is -2.31. The topological polar surface area (TPSA) is 91.0 Å². The van der Waals surface area contributed by atoms with Gasteiger partial charge in [-0.3, -0.25) is 9.59 Å². The normalized spacial score (nSPS) is 13.9. The minimum absolute atomic E-state index is 0.00155. The van der Waals surface area contributed by atoms with Gasteiger partial charge in [0.2, 0.25) is 5.91 Å². The zero-order valence-electron chi connectivity index (χ0n) is 19.7. The summed E-state index contributed by atoms with van der Waals surface area (Å²) in [5.41, 5.74) is 4.49. The molecule has 0 aromatic heterocycles. The number of methoxy groups -OCH3 is 1. The first-order chi connectivity index (χ1) is 15.7. The number of nitrogens with one attached hydrogen (secondary N) is 2. The Morgan fingerprint density at radius 1 is 1.03 bits per heavy atom. The van der Waals surface area contributed by atoms with Gasteiger partial charge in [0.15, 0.2) is 0 Å². The average Bonchev–Trinajstić information content (AvgIpc) is 3.11. The summed E-state index contributed by atoms with van der Waals surface area (Å²) in [6, 6.07) is 12.5. The van der Waals surface area contributed by atoms with Crippen molar-refractivity contribution >= 4 is 40.4 Å². The minimum atomic E-state index is -0.458. The number of amides is 2. The molecule has 174 valence electrons. The van der Waals surface area contributed by atoms with Gasteiger partial charge in [-0.1, -0.05) is 6.07 Å². The Kier molecular flexibility index (Phi) is 7.50. The SMILES string of the molecule is COC(=O)c1ccc2c(c1)NC(=O)/C2=C(/C)Nc1ccc(N(CCCN(C)C)C(C)=O)cc1. The molecule has 0 aliphatic carbocycles. The van der Waals surface area contributed by atoms with E-state index in [2.05, 4.69) is 15.5 Å². The molecule has 1 aliphatic heterocycles. The molecule has 0 saturated heterocycles. The van der Waals surface area contributed by atoms with E-state index in [1.165, 1.54) is 7.11 Å². The van der Waals surface area contributed by atoms with E-state index < -0.39 is 5.97 Å². The van der Waals surface area contributed by atoms with Crippen LogP contribution in [0.2, 0.25) is 0 Å². The van der Waals surface area contributed by atoms with Gasteiger partial charge in [-0.05, 0) is 70.4 Å². The Balaban J connectivity index is 1.78. The van der Waals surface area contributed by atoms with Gasteiger partial charge in [-0.15, -0.1) is 0 Å². The first kappa shape index (κ1) is 24.0. The molecule has 2 N–H and O–H groups in total. The number of rotatable bonds is 8. The fraction of sp³-hybridized carbons (Fsp3) is 0.320. The summed E-state index contributed by atoms with van der Waals surface area (Å²) in [5, 5.41) is 6.08. The molecule has 0 spiro atoms. The van der Waals surface area contributed by atoms with Crippen LogP contribution in [0.3, 0.4) is 0 Å². The highest BCUT2D eigenvalue weighted by molar-refractivity contribution is 6.32. The molecular weight excluding hydrogens is 420 g/mol. The number of benzene rings is 2. The zero-order valence-corrected chi connectivity index (χ0v) is 19.7. The summed E-state index contributed by atoms with van der Waals surface area (Å²) in [5.74, 6) is -0.698. The first-order valence-corrected chi connectivity index (χ1v) is 10.8. The quantitative estimate of drug-likeness (QED) is 0.472. The summed E-state index contributed by atoms with van der Waals surface area (Å²) in [7, 11) is 5.34. The fourth-order valence-corrected chi connectivity index (χ4v) is 3.81. The Hall–Kier alpha value is -3.65. The van der Waals surface area contributed by atoms with Crippen LogP contribution in [0, 0.1) is 0 Å². The van der Waals surface area contributed by atoms with E-state index in [-0.39, 0.29) is 11.8 Å². The Morgan fingerprint density at radius 3 is 2.33 bits per heavy atom. The molecule has 0 atom stereocenters. The number of anilines is 3. The number of fused-ring (bicyclic) bond motifs is 1. The van der Waals surface area contributed by atoms with Crippen molar-refractivity contribution in [3.8, 4) is 0 Å². The molecule has 1 heterocycles. The maximum Gasteiger partial charge on any atom is 0.337 e. The zero-order chi connectivity index (χ0) is 24.1. The van der Waals surface area contributed by atoms with E-state index in [1.807, 2.05) is 45.3 Å². The van der Waals surface area contributed by atoms with Crippen LogP contribution in [-0.4, -0.2) is 57.0 Å². The van der Waals surface area contributed by atoms with E-state index in [4.69, 9.17) is 4.74 Å². The summed E-state index contributed by atoms with van der Waals surface area (Å²) in [6.45, 7) is 4.95. The van der Waals surface area contributed by atoms with E-state index in [0.717, 1.165) is 29.9 Å². The molecule has 33 heavy (non-hydrogen) atoms. The molecule has 3 rings (SSSR count). The maximum absolute atomic E-state index is 12.6. The van der Waals surface area contributed by atoms with E-state index in [0.29, 0.717) is 29.1 Å². The van der Waals surface area contributed by atoms with Gasteiger partial charge in [0.1, 0.15) is 0 Å². The van der Waals surface area contributed by atoms with Crippen molar-refractivity contribution < 1.29 is 19.1 Å². The summed E-state index contributed by atoms with van der Waals surface area (Å²) in [4.78, 5) is 40.3. The van der Waals surface area contributed by atoms with Crippen LogP contribution in [0.5, 0.6) is 0 Å². The van der Waals surface area contributed by atoms with E-state index in [1.54, 1.807) is 30.0 Å². The van der Waals surface area contributed by atoms with Gasteiger partial charge in [0.25, 0.3) is 5.91 Å². The number of carbonyl (C=O) groups is 3. The van der Waals surface area contributed by atoms with Gasteiger partial charge in [-0.25, -0.2) is 4.79 Å². The summed E-state index contributed by atoms with van der Waals surface area (Å²) < 4.78 is 4.75. The number of carbonyl (C=O) groups excluding carboxylic acids is 3. The molecule has 0 fully saturated rings. The van der Waals surface area contributed by atoms with Crippen molar-refractivity contribution in [2.45, 2.75) is 20.3 Å². The van der Waals surface area contributed by atoms with Crippen molar-refractivity contribution in [1.29, 1.82) is 0 Å². The lowest BCUT2D eigenvalue weighted by atomic mass is 10.0. The number of esters is 1. The number of allylic oxidation sites excluding steroid dienone is 1. The molecule has 0 radical (unpaired) electrons. The molecule has 2 aromatic carbocycles. The molecule has 2 aromatic rings.